The minimum Gasteiger partial charge on any atom is -0.486 e. The van der Waals surface area contributed by atoms with Crippen molar-refractivity contribution in [2.75, 3.05) is 50.1 Å². The molecular formula is C24H25N9O. The molecule has 0 aliphatic carbocycles. The van der Waals surface area contributed by atoms with Gasteiger partial charge in [-0.05, 0) is 44.0 Å². The number of nitriles is 1. The number of pyridine rings is 1. The highest BCUT2D eigenvalue weighted by molar-refractivity contribution is 5.91. The van der Waals surface area contributed by atoms with E-state index in [1.54, 1.807) is 4.52 Å². The Morgan fingerprint density at radius 3 is 2.94 bits per heavy atom. The summed E-state index contributed by atoms with van der Waals surface area (Å²) in [5, 5.41) is 31.1. The molecule has 10 heteroatoms. The standard InChI is InChI=1S/C24H25N9O/c1-32-11-12-34-22-21(32)19(13-25)31-33-23(29-30-24(22)33)18-6-5-16-3-2-4-17(20(16)28-18)27-14-15-7-9-26-10-8-15/h2-6,15,26-27H,7-12,14H2,1H3. The van der Waals surface area contributed by atoms with Crippen molar-refractivity contribution in [2.24, 2.45) is 5.92 Å². The molecule has 10 nitrogen and oxygen atoms in total. The molecule has 0 saturated carbocycles. The summed E-state index contributed by atoms with van der Waals surface area (Å²) in [7, 11) is 1.92. The van der Waals surface area contributed by atoms with Crippen LogP contribution in [0.2, 0.25) is 0 Å². The number of fused-ring (bicyclic) bond motifs is 4. The summed E-state index contributed by atoms with van der Waals surface area (Å²) in [6.45, 7) is 4.26. The van der Waals surface area contributed by atoms with Crippen LogP contribution < -0.4 is 20.3 Å². The highest BCUT2D eigenvalue weighted by atomic mass is 16.5. The number of ether oxygens (including phenoxy) is 1. The quantitative estimate of drug-likeness (QED) is 0.478. The lowest BCUT2D eigenvalue weighted by atomic mass is 9.98. The van der Waals surface area contributed by atoms with Crippen molar-refractivity contribution in [1.82, 2.24) is 30.1 Å². The second-order valence-electron chi connectivity index (χ2n) is 8.82. The molecule has 6 rings (SSSR count). The first-order valence-electron chi connectivity index (χ1n) is 11.6. The number of para-hydroxylation sites is 1. The molecular weight excluding hydrogens is 430 g/mol. The number of piperidine rings is 1. The van der Waals surface area contributed by atoms with Crippen molar-refractivity contribution >= 4 is 27.9 Å². The molecule has 4 aromatic rings. The summed E-state index contributed by atoms with van der Waals surface area (Å²) in [6, 6.07) is 12.3. The number of nitrogens with zero attached hydrogens (tertiary/aromatic N) is 7. The van der Waals surface area contributed by atoms with E-state index >= 15 is 0 Å². The fourth-order valence-electron chi connectivity index (χ4n) is 4.75. The van der Waals surface area contributed by atoms with Gasteiger partial charge in [-0.3, -0.25) is 0 Å². The monoisotopic (exact) mass is 455 g/mol. The Bertz CT molecular complexity index is 1420. The third-order valence-electron chi connectivity index (χ3n) is 6.63. The van der Waals surface area contributed by atoms with E-state index in [9.17, 15) is 5.26 Å². The number of anilines is 2. The second-order valence-corrected chi connectivity index (χ2v) is 8.82. The topological polar surface area (TPSA) is 116 Å². The van der Waals surface area contributed by atoms with Gasteiger partial charge in [0.15, 0.2) is 11.4 Å². The highest BCUT2D eigenvalue weighted by Gasteiger charge is 2.27. The van der Waals surface area contributed by atoms with Gasteiger partial charge in [0.05, 0.1) is 17.7 Å². The molecule has 2 aliphatic heterocycles. The van der Waals surface area contributed by atoms with E-state index in [0.717, 1.165) is 36.2 Å². The first-order valence-corrected chi connectivity index (χ1v) is 11.6. The van der Waals surface area contributed by atoms with Gasteiger partial charge in [0.1, 0.15) is 24.1 Å². The van der Waals surface area contributed by atoms with Crippen LogP contribution >= 0.6 is 0 Å². The van der Waals surface area contributed by atoms with Crippen LogP contribution in [0.4, 0.5) is 11.4 Å². The number of rotatable bonds is 4. The zero-order valence-electron chi connectivity index (χ0n) is 19.0. The molecule has 3 aromatic heterocycles. The van der Waals surface area contributed by atoms with E-state index in [1.807, 2.05) is 30.1 Å². The number of aromatic nitrogens is 5. The molecule has 1 saturated heterocycles. The van der Waals surface area contributed by atoms with Crippen LogP contribution in [0.1, 0.15) is 18.5 Å². The summed E-state index contributed by atoms with van der Waals surface area (Å²) >= 11 is 0. The first-order chi connectivity index (χ1) is 16.7. The largest absolute Gasteiger partial charge is 0.486 e. The number of hydrogen-bond acceptors (Lipinski definition) is 9. The third-order valence-corrected chi connectivity index (χ3v) is 6.63. The van der Waals surface area contributed by atoms with E-state index < -0.39 is 0 Å². The molecule has 0 radical (unpaired) electrons. The molecule has 2 N–H and O–H groups in total. The van der Waals surface area contributed by atoms with Gasteiger partial charge in [-0.25, -0.2) is 4.98 Å². The summed E-state index contributed by atoms with van der Waals surface area (Å²) < 4.78 is 7.45. The fraction of sp³-hybridized carbons (Fsp3) is 0.375. The van der Waals surface area contributed by atoms with Gasteiger partial charge in [-0.1, -0.05) is 18.2 Å². The Labute approximate surface area is 196 Å². The van der Waals surface area contributed by atoms with Crippen molar-refractivity contribution in [2.45, 2.75) is 12.8 Å². The van der Waals surface area contributed by atoms with Crippen molar-refractivity contribution in [1.29, 1.82) is 5.26 Å². The minimum absolute atomic E-state index is 0.274. The number of hydrogen-bond donors (Lipinski definition) is 2. The van der Waals surface area contributed by atoms with Crippen molar-refractivity contribution in [3.05, 3.63) is 36.0 Å². The Morgan fingerprint density at radius 1 is 1.21 bits per heavy atom. The molecule has 2 aliphatic rings. The third kappa shape index (κ3) is 3.45. The lowest BCUT2D eigenvalue weighted by molar-refractivity contribution is 0.312. The molecule has 0 spiro atoms. The molecule has 1 aromatic carbocycles. The van der Waals surface area contributed by atoms with Crippen LogP contribution in [0, 0.1) is 17.2 Å². The maximum Gasteiger partial charge on any atom is 0.222 e. The van der Waals surface area contributed by atoms with E-state index in [4.69, 9.17) is 9.72 Å². The van der Waals surface area contributed by atoms with Crippen molar-refractivity contribution in [3.63, 3.8) is 0 Å². The van der Waals surface area contributed by atoms with Crippen LogP contribution in [0.15, 0.2) is 30.3 Å². The average Bonchev–Trinajstić information content (AvgIpc) is 3.31. The van der Waals surface area contributed by atoms with Gasteiger partial charge in [-0.15, -0.1) is 10.2 Å². The van der Waals surface area contributed by atoms with Crippen molar-refractivity contribution < 1.29 is 4.74 Å². The second kappa shape index (κ2) is 8.43. The van der Waals surface area contributed by atoms with Gasteiger partial charge >= 0.3 is 0 Å². The molecule has 0 unspecified atom stereocenters. The minimum atomic E-state index is 0.274. The van der Waals surface area contributed by atoms with Crippen LogP contribution in [0.5, 0.6) is 5.75 Å². The maximum atomic E-state index is 9.74. The van der Waals surface area contributed by atoms with E-state index in [-0.39, 0.29) is 5.69 Å². The normalized spacial score (nSPS) is 16.3. The molecule has 0 atom stereocenters. The number of likely N-dealkylation sites (N-methyl/N-ethyl adjacent to an activating group) is 1. The van der Waals surface area contributed by atoms with Crippen LogP contribution in [0.3, 0.4) is 0 Å². The zero-order valence-corrected chi connectivity index (χ0v) is 19.0. The smallest absolute Gasteiger partial charge is 0.222 e. The molecule has 34 heavy (non-hydrogen) atoms. The summed E-state index contributed by atoms with van der Waals surface area (Å²) in [5.41, 5.74) is 3.91. The van der Waals surface area contributed by atoms with Crippen molar-refractivity contribution in [3.8, 4) is 23.3 Å². The van der Waals surface area contributed by atoms with Gasteiger partial charge in [0, 0.05) is 19.0 Å². The Hall–Kier alpha value is -3.97. The van der Waals surface area contributed by atoms with Crippen LogP contribution in [0.25, 0.3) is 28.1 Å². The summed E-state index contributed by atoms with van der Waals surface area (Å²) in [4.78, 5) is 6.91. The average molecular weight is 456 g/mol. The molecule has 1 fully saturated rings. The molecule has 0 amide bonds. The predicted molar refractivity (Wildman–Crippen MR) is 129 cm³/mol. The van der Waals surface area contributed by atoms with E-state index in [2.05, 4.69) is 44.1 Å². The van der Waals surface area contributed by atoms with Crippen LogP contribution in [-0.4, -0.2) is 64.6 Å². The number of nitrogens with one attached hydrogen (secondary N) is 2. The Kier molecular flexibility index (Phi) is 5.11. The number of benzene rings is 1. The lowest BCUT2D eigenvalue weighted by Crippen LogP contribution is -2.31. The highest BCUT2D eigenvalue weighted by Crippen LogP contribution is 2.37. The van der Waals surface area contributed by atoms with E-state index in [0.29, 0.717) is 47.7 Å². The Balaban J connectivity index is 1.42. The van der Waals surface area contributed by atoms with E-state index in [1.165, 1.54) is 12.8 Å². The predicted octanol–water partition coefficient (Wildman–Crippen LogP) is 2.45. The van der Waals surface area contributed by atoms with Gasteiger partial charge < -0.3 is 20.3 Å². The maximum absolute atomic E-state index is 9.74. The molecule has 172 valence electrons. The summed E-state index contributed by atoms with van der Waals surface area (Å²) in [6.07, 6.45) is 2.35. The SMILES string of the molecule is CN1CCOc2c1c(C#N)nn1c(-c3ccc4cccc(NCC5CCNCC5)c4n3)nnc21. The molecule has 5 heterocycles. The molecule has 0 bridgehead atoms. The van der Waals surface area contributed by atoms with Gasteiger partial charge in [-0.2, -0.15) is 14.9 Å². The fourth-order valence-corrected chi connectivity index (χ4v) is 4.75. The van der Waals surface area contributed by atoms with Gasteiger partial charge in [0.25, 0.3) is 0 Å². The van der Waals surface area contributed by atoms with Crippen LogP contribution in [-0.2, 0) is 0 Å². The summed E-state index contributed by atoms with van der Waals surface area (Å²) in [5.74, 6) is 1.66. The zero-order chi connectivity index (χ0) is 23.1. The van der Waals surface area contributed by atoms with Gasteiger partial charge in [0.2, 0.25) is 11.5 Å². The first kappa shape index (κ1) is 20.6. The lowest BCUT2D eigenvalue weighted by Gasteiger charge is -2.27. The Morgan fingerprint density at radius 2 is 2.09 bits per heavy atom.